The summed E-state index contributed by atoms with van der Waals surface area (Å²) in [5, 5.41) is 0. The third kappa shape index (κ3) is 15.4. The number of hydrogen-bond donors (Lipinski definition) is 0. The van der Waals surface area contributed by atoms with Crippen molar-refractivity contribution in [1.82, 2.24) is 0 Å². The van der Waals surface area contributed by atoms with E-state index in [9.17, 15) is 4.79 Å². The molecule has 0 aromatic rings. The van der Waals surface area contributed by atoms with Gasteiger partial charge in [0.05, 0.1) is 19.8 Å². The van der Waals surface area contributed by atoms with Crippen LogP contribution in [0, 0.1) is 0 Å². The number of carbonyl (C=O) groups excluding carboxylic acids is 1. The van der Waals surface area contributed by atoms with Gasteiger partial charge in [0.15, 0.2) is 0 Å². The van der Waals surface area contributed by atoms with Gasteiger partial charge in [0, 0.05) is 13.0 Å². The van der Waals surface area contributed by atoms with Crippen molar-refractivity contribution in [2.45, 2.75) is 65.2 Å². The fourth-order valence-corrected chi connectivity index (χ4v) is 1.88. The minimum atomic E-state index is -0.105. The molecule has 4 heteroatoms. The Morgan fingerprint density at radius 3 is 2.05 bits per heavy atom. The second-order valence-corrected chi connectivity index (χ2v) is 4.90. The van der Waals surface area contributed by atoms with Crippen LogP contribution < -0.4 is 0 Å². The highest BCUT2D eigenvalue weighted by Crippen LogP contribution is 2.08. The highest BCUT2D eigenvalue weighted by Gasteiger charge is 2.02. The van der Waals surface area contributed by atoms with Crippen molar-refractivity contribution in [2.24, 2.45) is 0 Å². The van der Waals surface area contributed by atoms with Crippen LogP contribution in [0.15, 0.2) is 0 Å². The van der Waals surface area contributed by atoms with Gasteiger partial charge in [-0.15, -0.1) is 0 Å². The molecular weight excluding hydrogens is 256 g/mol. The first-order valence-corrected chi connectivity index (χ1v) is 8.12. The topological polar surface area (TPSA) is 44.8 Å². The first-order valence-electron chi connectivity index (χ1n) is 8.12. The largest absolute Gasteiger partial charge is 0.463 e. The van der Waals surface area contributed by atoms with Crippen LogP contribution in [0.4, 0.5) is 0 Å². The molecule has 0 bridgehead atoms. The molecule has 0 radical (unpaired) electrons. The van der Waals surface area contributed by atoms with E-state index in [4.69, 9.17) is 14.2 Å². The number of hydrogen-bond acceptors (Lipinski definition) is 4. The van der Waals surface area contributed by atoms with Crippen molar-refractivity contribution < 1.29 is 19.0 Å². The fourth-order valence-electron chi connectivity index (χ4n) is 1.88. The van der Waals surface area contributed by atoms with Crippen LogP contribution in [0.5, 0.6) is 0 Å². The van der Waals surface area contributed by atoms with Crippen molar-refractivity contribution in [3.8, 4) is 0 Å². The SMILES string of the molecule is CCCCCCCCCC(=O)OCCOCCOCC. The Bertz CT molecular complexity index is 187. The molecule has 120 valence electrons. The average molecular weight is 288 g/mol. The van der Waals surface area contributed by atoms with Crippen molar-refractivity contribution in [3.63, 3.8) is 0 Å². The summed E-state index contributed by atoms with van der Waals surface area (Å²) in [4.78, 5) is 11.4. The van der Waals surface area contributed by atoms with Crippen LogP contribution in [0.2, 0.25) is 0 Å². The zero-order chi connectivity index (χ0) is 14.9. The van der Waals surface area contributed by atoms with Gasteiger partial charge in [0.2, 0.25) is 0 Å². The fraction of sp³-hybridized carbons (Fsp3) is 0.938. The molecule has 4 nitrogen and oxygen atoms in total. The Morgan fingerprint density at radius 1 is 0.750 bits per heavy atom. The molecule has 0 heterocycles. The molecule has 0 aromatic carbocycles. The number of esters is 1. The Kier molecular flexibility index (Phi) is 15.9. The smallest absolute Gasteiger partial charge is 0.305 e. The van der Waals surface area contributed by atoms with Gasteiger partial charge in [-0.05, 0) is 13.3 Å². The molecule has 0 aliphatic carbocycles. The molecule has 0 aliphatic rings. The number of ether oxygens (including phenoxy) is 3. The maximum atomic E-state index is 11.4. The van der Waals surface area contributed by atoms with Crippen molar-refractivity contribution in [1.29, 1.82) is 0 Å². The molecule has 0 amide bonds. The lowest BCUT2D eigenvalue weighted by atomic mass is 10.1. The molecule has 0 spiro atoms. The highest BCUT2D eigenvalue weighted by atomic mass is 16.6. The van der Waals surface area contributed by atoms with Crippen LogP contribution in [0.3, 0.4) is 0 Å². The zero-order valence-corrected chi connectivity index (χ0v) is 13.3. The Morgan fingerprint density at radius 2 is 1.35 bits per heavy atom. The highest BCUT2D eigenvalue weighted by molar-refractivity contribution is 5.69. The second-order valence-electron chi connectivity index (χ2n) is 4.90. The summed E-state index contributed by atoms with van der Waals surface area (Å²) < 4.78 is 15.5. The predicted molar refractivity (Wildman–Crippen MR) is 80.9 cm³/mol. The van der Waals surface area contributed by atoms with E-state index in [2.05, 4.69) is 6.92 Å². The molecule has 20 heavy (non-hydrogen) atoms. The van der Waals surface area contributed by atoms with Crippen LogP contribution >= 0.6 is 0 Å². The molecule has 0 aliphatic heterocycles. The summed E-state index contributed by atoms with van der Waals surface area (Å²) in [5.74, 6) is -0.105. The van der Waals surface area contributed by atoms with Crippen LogP contribution in [0.1, 0.15) is 65.2 Å². The second kappa shape index (κ2) is 16.4. The maximum absolute atomic E-state index is 11.4. The van der Waals surface area contributed by atoms with Gasteiger partial charge in [-0.25, -0.2) is 0 Å². The minimum absolute atomic E-state index is 0.105. The number of carbonyl (C=O) groups is 1. The average Bonchev–Trinajstić information content (AvgIpc) is 2.45. The molecule has 0 rings (SSSR count). The van der Waals surface area contributed by atoms with E-state index < -0.39 is 0 Å². The van der Waals surface area contributed by atoms with Gasteiger partial charge in [-0.1, -0.05) is 45.4 Å². The summed E-state index contributed by atoms with van der Waals surface area (Å²) >= 11 is 0. The van der Waals surface area contributed by atoms with Gasteiger partial charge in [0.1, 0.15) is 6.61 Å². The van der Waals surface area contributed by atoms with Gasteiger partial charge >= 0.3 is 5.97 Å². The van der Waals surface area contributed by atoms with E-state index in [1.165, 1.54) is 32.1 Å². The van der Waals surface area contributed by atoms with Crippen molar-refractivity contribution in [3.05, 3.63) is 0 Å². The van der Waals surface area contributed by atoms with Crippen molar-refractivity contribution >= 4 is 5.97 Å². The third-order valence-electron chi connectivity index (χ3n) is 3.05. The number of unbranched alkanes of at least 4 members (excludes halogenated alkanes) is 6. The van der Waals surface area contributed by atoms with E-state index in [-0.39, 0.29) is 5.97 Å². The molecular formula is C16H32O4. The molecule has 0 aromatic heterocycles. The quantitative estimate of drug-likeness (QED) is 0.340. The van der Waals surface area contributed by atoms with Gasteiger partial charge in [-0.2, -0.15) is 0 Å². The van der Waals surface area contributed by atoms with E-state index in [0.717, 1.165) is 12.8 Å². The third-order valence-corrected chi connectivity index (χ3v) is 3.05. The summed E-state index contributed by atoms with van der Waals surface area (Å²) in [6.45, 7) is 6.84. The van der Waals surface area contributed by atoms with Crippen molar-refractivity contribution in [2.75, 3.05) is 33.0 Å². The van der Waals surface area contributed by atoms with E-state index in [0.29, 0.717) is 39.5 Å². The first-order chi connectivity index (χ1) is 9.81. The molecule has 0 fully saturated rings. The summed E-state index contributed by atoms with van der Waals surface area (Å²) in [7, 11) is 0. The molecule has 0 saturated carbocycles. The Hall–Kier alpha value is -0.610. The zero-order valence-electron chi connectivity index (χ0n) is 13.3. The summed E-state index contributed by atoms with van der Waals surface area (Å²) in [6.07, 6.45) is 9.04. The lowest BCUT2D eigenvalue weighted by molar-refractivity contribution is -0.145. The van der Waals surface area contributed by atoms with Gasteiger partial charge < -0.3 is 14.2 Å². The summed E-state index contributed by atoms with van der Waals surface area (Å²) in [5.41, 5.74) is 0. The standard InChI is InChI=1S/C16H32O4/c1-3-5-6-7-8-9-10-11-16(17)20-15-14-19-13-12-18-4-2/h3-15H2,1-2H3. The van der Waals surface area contributed by atoms with Crippen LogP contribution in [0.25, 0.3) is 0 Å². The predicted octanol–water partition coefficient (Wildman–Crippen LogP) is 3.72. The lowest BCUT2D eigenvalue weighted by Gasteiger charge is -2.06. The summed E-state index contributed by atoms with van der Waals surface area (Å²) in [6, 6.07) is 0. The molecule has 0 atom stereocenters. The van der Waals surface area contributed by atoms with Gasteiger partial charge in [-0.3, -0.25) is 4.79 Å². The van der Waals surface area contributed by atoms with E-state index in [1.54, 1.807) is 0 Å². The maximum Gasteiger partial charge on any atom is 0.305 e. The monoisotopic (exact) mass is 288 g/mol. The normalized spacial score (nSPS) is 10.7. The van der Waals surface area contributed by atoms with Crippen LogP contribution in [-0.4, -0.2) is 39.0 Å². The number of rotatable bonds is 15. The van der Waals surface area contributed by atoms with E-state index >= 15 is 0 Å². The van der Waals surface area contributed by atoms with E-state index in [1.807, 2.05) is 6.92 Å². The molecule has 0 unspecified atom stereocenters. The Balaban J connectivity index is 3.13. The van der Waals surface area contributed by atoms with Crippen LogP contribution in [-0.2, 0) is 19.0 Å². The molecule has 0 saturated heterocycles. The lowest BCUT2D eigenvalue weighted by Crippen LogP contribution is -2.12. The Labute approximate surface area is 124 Å². The molecule has 0 N–H and O–H groups in total. The minimum Gasteiger partial charge on any atom is -0.463 e. The first kappa shape index (κ1) is 19.4. The van der Waals surface area contributed by atoms with Gasteiger partial charge in [0.25, 0.3) is 0 Å².